The molecule has 0 atom stereocenters. The standard InChI is InChI=1S/C23H24N2O5/c1-2-30-21(28)11-6-8-17-15-25-12-4-3-10-19(25)22(17)23(29)16-7-5-9-18(13-16)24-14-20(26)27/h3-5,7,9-10,12-13,15,24H,2,6,8,11,14H2,1H3,(H,26,27). The summed E-state index contributed by atoms with van der Waals surface area (Å²) < 4.78 is 6.88. The number of hydrogen-bond donors (Lipinski definition) is 2. The van der Waals surface area contributed by atoms with Crippen molar-refractivity contribution in [3.63, 3.8) is 0 Å². The number of ketones is 1. The summed E-state index contributed by atoms with van der Waals surface area (Å²) in [6.45, 7) is 1.89. The first kappa shape index (κ1) is 21.1. The molecule has 0 fully saturated rings. The lowest BCUT2D eigenvalue weighted by atomic mass is 9.97. The monoisotopic (exact) mass is 408 g/mol. The molecule has 0 radical (unpaired) electrons. The molecular formula is C23H24N2O5. The summed E-state index contributed by atoms with van der Waals surface area (Å²) in [5, 5.41) is 11.6. The maximum atomic E-state index is 13.4. The van der Waals surface area contributed by atoms with Gasteiger partial charge in [-0.1, -0.05) is 18.2 Å². The molecule has 0 bridgehead atoms. The second kappa shape index (κ2) is 9.73. The van der Waals surface area contributed by atoms with Crippen molar-refractivity contribution < 1.29 is 24.2 Å². The summed E-state index contributed by atoms with van der Waals surface area (Å²) in [6.07, 6.45) is 5.24. The van der Waals surface area contributed by atoms with Crippen LogP contribution in [0.2, 0.25) is 0 Å². The Kier molecular flexibility index (Phi) is 6.85. The van der Waals surface area contributed by atoms with Crippen LogP contribution >= 0.6 is 0 Å². The second-order valence-corrected chi connectivity index (χ2v) is 6.84. The summed E-state index contributed by atoms with van der Waals surface area (Å²) in [4.78, 5) is 35.8. The Labute approximate surface area is 174 Å². The predicted octanol–water partition coefficient (Wildman–Crippen LogP) is 3.55. The molecular weight excluding hydrogens is 384 g/mol. The van der Waals surface area contributed by atoms with Gasteiger partial charge in [0.1, 0.15) is 6.54 Å². The molecule has 0 unspecified atom stereocenters. The maximum absolute atomic E-state index is 13.4. The highest BCUT2D eigenvalue weighted by atomic mass is 16.5. The Morgan fingerprint density at radius 3 is 2.73 bits per heavy atom. The van der Waals surface area contributed by atoms with Gasteiger partial charge in [0.25, 0.3) is 0 Å². The minimum absolute atomic E-state index is 0.145. The van der Waals surface area contributed by atoms with Gasteiger partial charge in [0.2, 0.25) is 0 Å². The summed E-state index contributed by atoms with van der Waals surface area (Å²) in [5.41, 5.74) is 3.27. The lowest BCUT2D eigenvalue weighted by Gasteiger charge is -2.08. The van der Waals surface area contributed by atoms with E-state index in [0.29, 0.717) is 42.7 Å². The number of nitrogens with zero attached hydrogens (tertiary/aromatic N) is 1. The highest BCUT2D eigenvalue weighted by molar-refractivity contribution is 6.14. The Bertz CT molecular complexity index is 1070. The number of nitrogens with one attached hydrogen (secondary N) is 1. The number of carbonyl (C=O) groups is 3. The van der Waals surface area contributed by atoms with E-state index in [-0.39, 0.29) is 18.3 Å². The minimum Gasteiger partial charge on any atom is -0.480 e. The van der Waals surface area contributed by atoms with Gasteiger partial charge in [-0.05, 0) is 49.6 Å². The van der Waals surface area contributed by atoms with Crippen molar-refractivity contribution in [2.45, 2.75) is 26.2 Å². The van der Waals surface area contributed by atoms with Crippen molar-refractivity contribution in [3.8, 4) is 0 Å². The Morgan fingerprint density at radius 1 is 1.13 bits per heavy atom. The molecule has 0 aliphatic carbocycles. The van der Waals surface area contributed by atoms with E-state index in [1.54, 1.807) is 31.2 Å². The number of aliphatic carboxylic acids is 1. The van der Waals surface area contributed by atoms with Gasteiger partial charge in [0.15, 0.2) is 5.78 Å². The maximum Gasteiger partial charge on any atom is 0.322 e. The average Bonchev–Trinajstić information content (AvgIpc) is 3.10. The number of pyridine rings is 1. The fourth-order valence-corrected chi connectivity index (χ4v) is 3.38. The Hall–Kier alpha value is -3.61. The van der Waals surface area contributed by atoms with Gasteiger partial charge in [-0.3, -0.25) is 14.4 Å². The average molecular weight is 408 g/mol. The first-order valence-corrected chi connectivity index (χ1v) is 9.84. The van der Waals surface area contributed by atoms with Crippen LogP contribution in [0.15, 0.2) is 54.9 Å². The molecule has 0 saturated heterocycles. The molecule has 2 heterocycles. The molecule has 1 aromatic carbocycles. The van der Waals surface area contributed by atoms with Crippen molar-refractivity contribution in [2.75, 3.05) is 18.5 Å². The van der Waals surface area contributed by atoms with E-state index in [1.807, 2.05) is 35.0 Å². The molecule has 0 amide bonds. The fraction of sp³-hybridized carbons (Fsp3) is 0.261. The molecule has 7 heteroatoms. The van der Waals surface area contributed by atoms with Crippen molar-refractivity contribution >= 4 is 28.9 Å². The number of ether oxygens (including phenoxy) is 1. The molecule has 0 saturated carbocycles. The van der Waals surface area contributed by atoms with Crippen LogP contribution in [-0.4, -0.2) is 40.4 Å². The number of aryl methyl sites for hydroxylation is 1. The topological polar surface area (TPSA) is 97.1 Å². The SMILES string of the molecule is CCOC(=O)CCCc1cn2ccccc2c1C(=O)c1cccc(NCC(=O)O)c1. The van der Waals surface area contributed by atoms with E-state index in [4.69, 9.17) is 9.84 Å². The fourth-order valence-electron chi connectivity index (χ4n) is 3.38. The van der Waals surface area contributed by atoms with Gasteiger partial charge >= 0.3 is 11.9 Å². The first-order valence-electron chi connectivity index (χ1n) is 9.84. The lowest BCUT2D eigenvalue weighted by molar-refractivity contribution is -0.143. The van der Waals surface area contributed by atoms with Crippen LogP contribution in [0, 0.1) is 0 Å². The van der Waals surface area contributed by atoms with Crippen LogP contribution in [0.25, 0.3) is 5.52 Å². The van der Waals surface area contributed by atoms with Crippen LogP contribution in [0.5, 0.6) is 0 Å². The Morgan fingerprint density at radius 2 is 1.97 bits per heavy atom. The van der Waals surface area contributed by atoms with Crippen molar-refractivity contribution in [1.82, 2.24) is 4.40 Å². The van der Waals surface area contributed by atoms with Crippen molar-refractivity contribution in [2.24, 2.45) is 0 Å². The molecule has 30 heavy (non-hydrogen) atoms. The lowest BCUT2D eigenvalue weighted by Crippen LogP contribution is -2.13. The third kappa shape index (κ3) is 5.05. The highest BCUT2D eigenvalue weighted by Gasteiger charge is 2.20. The molecule has 2 aromatic heterocycles. The van der Waals surface area contributed by atoms with E-state index in [9.17, 15) is 14.4 Å². The van der Waals surface area contributed by atoms with Gasteiger partial charge in [-0.25, -0.2) is 0 Å². The van der Waals surface area contributed by atoms with Crippen LogP contribution < -0.4 is 5.32 Å². The highest BCUT2D eigenvalue weighted by Crippen LogP contribution is 2.25. The number of rotatable bonds is 10. The number of carboxylic acid groups (broad SMARTS) is 1. The van der Waals surface area contributed by atoms with Crippen molar-refractivity contribution in [3.05, 3.63) is 71.5 Å². The van der Waals surface area contributed by atoms with E-state index in [0.717, 1.165) is 11.1 Å². The largest absolute Gasteiger partial charge is 0.480 e. The molecule has 0 aliphatic heterocycles. The van der Waals surface area contributed by atoms with Gasteiger partial charge < -0.3 is 19.6 Å². The van der Waals surface area contributed by atoms with Gasteiger partial charge in [0.05, 0.1) is 17.7 Å². The number of benzene rings is 1. The minimum atomic E-state index is -0.978. The quantitative estimate of drug-likeness (QED) is 0.393. The summed E-state index contributed by atoms with van der Waals surface area (Å²) in [6, 6.07) is 12.4. The van der Waals surface area contributed by atoms with E-state index in [1.165, 1.54) is 0 Å². The van der Waals surface area contributed by atoms with Crippen molar-refractivity contribution in [1.29, 1.82) is 0 Å². The zero-order valence-electron chi connectivity index (χ0n) is 16.8. The first-order chi connectivity index (χ1) is 14.5. The number of hydrogen-bond acceptors (Lipinski definition) is 5. The summed E-state index contributed by atoms with van der Waals surface area (Å²) in [7, 11) is 0. The number of carbonyl (C=O) groups excluding carboxylic acids is 2. The summed E-state index contributed by atoms with van der Waals surface area (Å²) in [5.74, 6) is -1.37. The summed E-state index contributed by atoms with van der Waals surface area (Å²) >= 11 is 0. The van der Waals surface area contributed by atoms with Gasteiger partial charge in [-0.2, -0.15) is 0 Å². The van der Waals surface area contributed by atoms with E-state index >= 15 is 0 Å². The zero-order valence-corrected chi connectivity index (χ0v) is 16.8. The number of anilines is 1. The molecule has 2 N–H and O–H groups in total. The van der Waals surface area contributed by atoms with Crippen LogP contribution in [0.4, 0.5) is 5.69 Å². The normalized spacial score (nSPS) is 10.7. The number of esters is 1. The smallest absolute Gasteiger partial charge is 0.322 e. The zero-order chi connectivity index (χ0) is 21.5. The molecule has 0 spiro atoms. The van der Waals surface area contributed by atoms with Gasteiger partial charge in [0, 0.05) is 30.1 Å². The molecule has 3 aromatic rings. The third-order valence-electron chi connectivity index (χ3n) is 4.69. The molecule has 156 valence electrons. The van der Waals surface area contributed by atoms with Gasteiger partial charge in [-0.15, -0.1) is 0 Å². The number of carboxylic acids is 1. The van der Waals surface area contributed by atoms with Crippen LogP contribution in [-0.2, 0) is 20.7 Å². The molecule has 3 rings (SSSR count). The third-order valence-corrected chi connectivity index (χ3v) is 4.69. The predicted molar refractivity (Wildman–Crippen MR) is 113 cm³/mol. The van der Waals surface area contributed by atoms with Crippen LogP contribution in [0.3, 0.4) is 0 Å². The molecule has 0 aliphatic rings. The number of fused-ring (bicyclic) bond motifs is 1. The second-order valence-electron chi connectivity index (χ2n) is 6.84. The van der Waals surface area contributed by atoms with Crippen LogP contribution in [0.1, 0.15) is 41.3 Å². The van der Waals surface area contributed by atoms with E-state index < -0.39 is 5.97 Å². The van der Waals surface area contributed by atoms with E-state index in [2.05, 4.69) is 5.32 Å². The number of aromatic nitrogens is 1. The Balaban J connectivity index is 1.88. The molecule has 7 nitrogen and oxygen atoms in total.